The molecule has 3 aliphatic rings. The molecule has 1 aromatic carbocycles. The van der Waals surface area contributed by atoms with Gasteiger partial charge in [0.05, 0.1) is 11.2 Å². The van der Waals surface area contributed by atoms with E-state index in [1.807, 2.05) is 13.0 Å². The minimum absolute atomic E-state index is 0.250. The van der Waals surface area contributed by atoms with Gasteiger partial charge in [-0.1, -0.05) is 19.3 Å². The van der Waals surface area contributed by atoms with Crippen LogP contribution in [0.3, 0.4) is 0 Å². The Morgan fingerprint density at radius 2 is 1.85 bits per heavy atom. The number of aromatic amines is 1. The van der Waals surface area contributed by atoms with Crippen LogP contribution in [0.25, 0.3) is 22.3 Å². The molecule has 0 amide bonds. The molecule has 2 saturated carbocycles. The van der Waals surface area contributed by atoms with Gasteiger partial charge in [0.15, 0.2) is 11.6 Å². The average molecular weight is 465 g/mol. The Bertz CT molecular complexity index is 1160. The van der Waals surface area contributed by atoms with Crippen molar-refractivity contribution in [3.05, 3.63) is 30.3 Å². The molecule has 0 atom stereocenters. The number of nitrogens with zero attached hydrogens (tertiary/aromatic N) is 5. The third-order valence-electron chi connectivity index (χ3n) is 7.76. The molecule has 0 bridgehead atoms. The van der Waals surface area contributed by atoms with Gasteiger partial charge in [-0.25, -0.2) is 14.4 Å². The van der Waals surface area contributed by atoms with Gasteiger partial charge in [0, 0.05) is 50.2 Å². The van der Waals surface area contributed by atoms with E-state index in [2.05, 4.69) is 30.0 Å². The van der Waals surface area contributed by atoms with Crippen molar-refractivity contribution in [2.45, 2.75) is 57.5 Å². The first kappa shape index (κ1) is 21.8. The van der Waals surface area contributed by atoms with E-state index in [4.69, 9.17) is 4.74 Å². The van der Waals surface area contributed by atoms with Gasteiger partial charge in [-0.3, -0.25) is 10.00 Å². The molecule has 6 rings (SSSR count). The van der Waals surface area contributed by atoms with Crippen molar-refractivity contribution in [1.29, 1.82) is 0 Å². The highest BCUT2D eigenvalue weighted by Crippen LogP contribution is 2.41. The Kier molecular flexibility index (Phi) is 5.63. The van der Waals surface area contributed by atoms with Crippen molar-refractivity contribution in [2.24, 2.45) is 5.92 Å². The maximum atomic E-state index is 14.6. The first-order chi connectivity index (χ1) is 16.6. The second kappa shape index (κ2) is 8.80. The van der Waals surface area contributed by atoms with Crippen LogP contribution in [-0.4, -0.2) is 63.4 Å². The third-order valence-corrected chi connectivity index (χ3v) is 7.76. The van der Waals surface area contributed by atoms with Crippen molar-refractivity contribution >= 4 is 16.7 Å². The van der Waals surface area contributed by atoms with Gasteiger partial charge in [0.25, 0.3) is 0 Å². The summed E-state index contributed by atoms with van der Waals surface area (Å²) in [6.45, 7) is 7.32. The number of hydrogen-bond acceptors (Lipinski definition) is 6. The van der Waals surface area contributed by atoms with E-state index in [0.29, 0.717) is 11.2 Å². The van der Waals surface area contributed by atoms with Crippen LogP contribution >= 0.6 is 0 Å². The van der Waals surface area contributed by atoms with Crippen LogP contribution in [-0.2, 0) is 0 Å². The molecule has 8 heteroatoms. The van der Waals surface area contributed by atoms with Crippen molar-refractivity contribution in [1.82, 2.24) is 25.1 Å². The molecule has 0 radical (unpaired) electrons. The molecule has 3 heterocycles. The zero-order valence-corrected chi connectivity index (χ0v) is 19.9. The summed E-state index contributed by atoms with van der Waals surface area (Å²) in [6, 6.07) is 5.21. The molecule has 1 N–H and O–H groups in total. The van der Waals surface area contributed by atoms with Crippen LogP contribution < -0.4 is 9.64 Å². The molecule has 1 aliphatic heterocycles. The molecule has 1 saturated heterocycles. The van der Waals surface area contributed by atoms with Crippen LogP contribution in [0.15, 0.2) is 24.5 Å². The van der Waals surface area contributed by atoms with Gasteiger partial charge in [-0.05, 0) is 44.6 Å². The Balaban J connectivity index is 1.18. The minimum atomic E-state index is -0.370. The predicted octanol–water partition coefficient (Wildman–Crippen LogP) is 4.79. The van der Waals surface area contributed by atoms with E-state index in [0.717, 1.165) is 61.8 Å². The molecule has 0 unspecified atom stereocenters. The largest absolute Gasteiger partial charge is 0.484 e. The Morgan fingerprint density at radius 1 is 1.06 bits per heavy atom. The maximum absolute atomic E-state index is 14.6. The first-order valence-electron chi connectivity index (χ1n) is 12.7. The lowest BCUT2D eigenvalue weighted by molar-refractivity contribution is 0.191. The topological polar surface area (TPSA) is 70.2 Å². The summed E-state index contributed by atoms with van der Waals surface area (Å²) < 4.78 is 20.5. The Labute approximate surface area is 199 Å². The first-order valence-corrected chi connectivity index (χ1v) is 12.7. The zero-order chi connectivity index (χ0) is 23.1. The summed E-state index contributed by atoms with van der Waals surface area (Å²) in [5, 5.41) is 8.22. The van der Waals surface area contributed by atoms with Crippen molar-refractivity contribution in [3.8, 4) is 17.1 Å². The van der Waals surface area contributed by atoms with E-state index >= 15 is 0 Å². The highest BCUT2D eigenvalue weighted by atomic mass is 19.1. The monoisotopic (exact) mass is 464 g/mol. The highest BCUT2D eigenvalue weighted by Gasteiger charge is 2.40. The number of H-pyrrole nitrogens is 1. The van der Waals surface area contributed by atoms with Gasteiger partial charge < -0.3 is 9.64 Å². The van der Waals surface area contributed by atoms with Gasteiger partial charge >= 0.3 is 0 Å². The van der Waals surface area contributed by atoms with E-state index in [-0.39, 0.29) is 17.2 Å². The fraction of sp³-hybridized carbons (Fsp3) is 0.577. The number of piperazine rings is 1. The van der Waals surface area contributed by atoms with Crippen molar-refractivity contribution in [2.75, 3.05) is 37.6 Å². The molecule has 0 spiro atoms. The fourth-order valence-electron chi connectivity index (χ4n) is 5.38. The van der Waals surface area contributed by atoms with Gasteiger partial charge in [-0.2, -0.15) is 5.10 Å². The van der Waals surface area contributed by atoms with Crippen LogP contribution in [0.2, 0.25) is 0 Å². The lowest BCUT2D eigenvalue weighted by Crippen LogP contribution is -2.48. The standard InChI is InChI=1S/C26H33FN6O/c1-26(7-8-26)34-23-13-19-21(14-20(23)27)30-31-25(19)22-15-24(29-17-28-22)33-11-9-32(10-12-33)16-18-5-3-2-4-6-18/h13-15,17-18H,2-12,16H2,1H3,(H,30,31). The quantitative estimate of drug-likeness (QED) is 0.566. The van der Waals surface area contributed by atoms with Crippen molar-refractivity contribution < 1.29 is 9.13 Å². The average Bonchev–Trinajstić information content (AvgIpc) is 3.45. The van der Waals surface area contributed by atoms with Crippen LogP contribution in [0.4, 0.5) is 10.2 Å². The number of nitrogens with one attached hydrogen (secondary N) is 1. The summed E-state index contributed by atoms with van der Waals surface area (Å²) in [5.74, 6) is 1.70. The number of fused-ring (bicyclic) bond motifs is 1. The molecule has 3 fully saturated rings. The van der Waals surface area contributed by atoms with Gasteiger partial charge in [0.1, 0.15) is 23.4 Å². The summed E-state index contributed by atoms with van der Waals surface area (Å²) in [7, 11) is 0. The molecule has 3 aromatic rings. The summed E-state index contributed by atoms with van der Waals surface area (Å²) in [6.07, 6.45) is 10.5. The maximum Gasteiger partial charge on any atom is 0.167 e. The van der Waals surface area contributed by atoms with Gasteiger partial charge in [0.2, 0.25) is 0 Å². The molecule has 2 aliphatic carbocycles. The second-order valence-corrected chi connectivity index (χ2v) is 10.5. The Morgan fingerprint density at radius 3 is 2.62 bits per heavy atom. The van der Waals surface area contributed by atoms with E-state index in [9.17, 15) is 4.39 Å². The van der Waals surface area contributed by atoms with Crippen LogP contribution in [0, 0.1) is 11.7 Å². The summed E-state index contributed by atoms with van der Waals surface area (Å²) >= 11 is 0. The van der Waals surface area contributed by atoms with E-state index in [1.165, 1.54) is 44.7 Å². The fourth-order valence-corrected chi connectivity index (χ4v) is 5.38. The zero-order valence-electron chi connectivity index (χ0n) is 19.9. The number of anilines is 1. The predicted molar refractivity (Wildman–Crippen MR) is 131 cm³/mol. The van der Waals surface area contributed by atoms with Gasteiger partial charge in [-0.15, -0.1) is 0 Å². The number of ether oxygens (including phenoxy) is 1. The number of rotatable bonds is 6. The molecule has 7 nitrogen and oxygen atoms in total. The highest BCUT2D eigenvalue weighted by molar-refractivity contribution is 5.93. The van der Waals surface area contributed by atoms with E-state index < -0.39 is 0 Å². The second-order valence-electron chi connectivity index (χ2n) is 10.5. The number of aromatic nitrogens is 4. The number of hydrogen-bond donors (Lipinski definition) is 1. The van der Waals surface area contributed by atoms with E-state index in [1.54, 1.807) is 12.4 Å². The lowest BCUT2D eigenvalue weighted by Gasteiger charge is -2.37. The third kappa shape index (κ3) is 4.48. The lowest BCUT2D eigenvalue weighted by atomic mass is 9.89. The SMILES string of the molecule is CC1(Oc2cc3c(-c4cc(N5CCN(CC6CCCCC6)CC5)ncn4)n[nH]c3cc2F)CC1. The molecule has 180 valence electrons. The van der Waals surface area contributed by atoms with Crippen molar-refractivity contribution in [3.63, 3.8) is 0 Å². The van der Waals surface area contributed by atoms with Crippen LogP contribution in [0.5, 0.6) is 5.75 Å². The molecular weight excluding hydrogens is 431 g/mol. The smallest absolute Gasteiger partial charge is 0.167 e. The normalized spacial score (nSPS) is 21.2. The number of halogens is 1. The number of benzene rings is 1. The van der Waals surface area contributed by atoms with Crippen LogP contribution in [0.1, 0.15) is 51.9 Å². The summed E-state index contributed by atoms with van der Waals surface area (Å²) in [4.78, 5) is 14.0. The molecule has 34 heavy (non-hydrogen) atoms. The minimum Gasteiger partial charge on any atom is -0.484 e. The molecular formula is C26H33FN6O. The Hall–Kier alpha value is -2.74. The summed E-state index contributed by atoms with van der Waals surface area (Å²) in [5.41, 5.74) is 1.81. The molecule has 2 aromatic heterocycles.